The summed E-state index contributed by atoms with van der Waals surface area (Å²) >= 11 is 0. The lowest BCUT2D eigenvalue weighted by Gasteiger charge is -2.20. The fraction of sp³-hybridized carbons (Fsp3) is 0.500. The van der Waals surface area contributed by atoms with Crippen LogP contribution in [-0.4, -0.2) is 17.6 Å². The first-order valence-electron chi connectivity index (χ1n) is 7.06. The van der Waals surface area contributed by atoms with Gasteiger partial charge in [0.25, 0.3) is 0 Å². The normalized spacial score (nSPS) is 18.8. The smallest absolute Gasteiger partial charge is 0.309 e. The molecule has 0 radical (unpaired) electrons. The van der Waals surface area contributed by atoms with E-state index in [2.05, 4.69) is 30.1 Å². The second-order valence-electron chi connectivity index (χ2n) is 4.82. The number of hydrogen-bond donors (Lipinski definition) is 0. The molecule has 102 valence electrons. The van der Waals surface area contributed by atoms with Crippen LogP contribution in [0.5, 0.6) is 0 Å². The summed E-state index contributed by atoms with van der Waals surface area (Å²) in [5, 5.41) is 0. The molecule has 0 amide bonds. The number of hydrogen-bond acceptors (Lipinski definition) is 3. The Morgan fingerprint density at radius 2 is 2.26 bits per heavy atom. The Bertz CT molecular complexity index is 479. The van der Waals surface area contributed by atoms with E-state index in [0.717, 1.165) is 37.1 Å². The van der Waals surface area contributed by atoms with Crippen LogP contribution in [0.2, 0.25) is 0 Å². The Balaban J connectivity index is 2.05. The van der Waals surface area contributed by atoms with E-state index < -0.39 is 0 Å². The molecule has 0 unspecified atom stereocenters. The van der Waals surface area contributed by atoms with Crippen molar-refractivity contribution in [2.24, 2.45) is 5.92 Å². The van der Waals surface area contributed by atoms with E-state index in [-0.39, 0.29) is 11.9 Å². The molecule has 0 spiro atoms. The van der Waals surface area contributed by atoms with Crippen LogP contribution >= 0.6 is 0 Å². The van der Waals surface area contributed by atoms with E-state index in [0.29, 0.717) is 6.61 Å². The van der Waals surface area contributed by atoms with Crippen molar-refractivity contribution < 1.29 is 9.53 Å². The van der Waals surface area contributed by atoms with E-state index >= 15 is 0 Å². The minimum Gasteiger partial charge on any atom is -0.466 e. The van der Waals surface area contributed by atoms with Crippen LogP contribution in [0.25, 0.3) is 5.57 Å². The number of carbonyl (C=O) groups excluding carboxylic acids is 1. The molecule has 1 aromatic rings. The number of esters is 1. The third kappa shape index (κ3) is 3.43. The Hall–Kier alpha value is -1.64. The molecular formula is C16H21NO2. The van der Waals surface area contributed by atoms with Crippen molar-refractivity contribution in [2.45, 2.75) is 39.5 Å². The van der Waals surface area contributed by atoms with E-state index in [1.165, 1.54) is 5.57 Å². The van der Waals surface area contributed by atoms with Crippen molar-refractivity contribution in [2.75, 3.05) is 6.61 Å². The average Bonchev–Trinajstić information content (AvgIpc) is 2.48. The molecule has 0 aliphatic heterocycles. The number of ether oxygens (including phenoxy) is 1. The maximum atomic E-state index is 11.7. The van der Waals surface area contributed by atoms with Crippen LogP contribution < -0.4 is 0 Å². The van der Waals surface area contributed by atoms with Gasteiger partial charge < -0.3 is 4.74 Å². The highest BCUT2D eigenvalue weighted by Gasteiger charge is 2.23. The number of carbonyl (C=O) groups is 1. The molecule has 0 aromatic carbocycles. The lowest BCUT2D eigenvalue weighted by Crippen LogP contribution is -2.19. The third-order valence-corrected chi connectivity index (χ3v) is 3.53. The number of rotatable bonds is 4. The minimum absolute atomic E-state index is 0.0260. The van der Waals surface area contributed by atoms with Gasteiger partial charge in [-0.05, 0) is 50.3 Å². The maximum Gasteiger partial charge on any atom is 0.309 e. The lowest BCUT2D eigenvalue weighted by molar-refractivity contribution is -0.148. The van der Waals surface area contributed by atoms with E-state index in [4.69, 9.17) is 4.74 Å². The zero-order valence-electron chi connectivity index (χ0n) is 11.7. The predicted octanol–water partition coefficient (Wildman–Crippen LogP) is 3.39. The lowest BCUT2D eigenvalue weighted by atomic mass is 9.88. The van der Waals surface area contributed by atoms with Crippen molar-refractivity contribution >= 4 is 11.5 Å². The Labute approximate surface area is 114 Å². The zero-order valence-corrected chi connectivity index (χ0v) is 11.7. The maximum absolute atomic E-state index is 11.7. The molecular weight excluding hydrogens is 238 g/mol. The van der Waals surface area contributed by atoms with Gasteiger partial charge >= 0.3 is 5.97 Å². The van der Waals surface area contributed by atoms with Gasteiger partial charge in [-0.1, -0.05) is 19.1 Å². The number of allylic oxidation sites excluding steroid dienone is 2. The van der Waals surface area contributed by atoms with Gasteiger partial charge in [0.05, 0.1) is 18.2 Å². The Morgan fingerprint density at radius 1 is 1.42 bits per heavy atom. The van der Waals surface area contributed by atoms with Crippen LogP contribution in [0.4, 0.5) is 0 Å². The number of nitrogens with zero attached hydrogens (tertiary/aromatic N) is 1. The third-order valence-electron chi connectivity index (χ3n) is 3.53. The monoisotopic (exact) mass is 259 g/mol. The highest BCUT2D eigenvalue weighted by atomic mass is 16.5. The second kappa shape index (κ2) is 6.50. The van der Waals surface area contributed by atoms with Gasteiger partial charge in [-0.25, -0.2) is 0 Å². The van der Waals surface area contributed by atoms with Crippen molar-refractivity contribution in [1.29, 1.82) is 0 Å². The van der Waals surface area contributed by atoms with Crippen LogP contribution in [0, 0.1) is 5.92 Å². The SMILES string of the molecule is CCOC(=O)[C@H]1CC=C(c2cccc(CC)n2)CC1. The first kappa shape index (κ1) is 13.8. The molecule has 0 saturated carbocycles. The topological polar surface area (TPSA) is 39.2 Å². The summed E-state index contributed by atoms with van der Waals surface area (Å²) in [5.74, 6) is -0.0360. The van der Waals surface area contributed by atoms with Gasteiger partial charge in [-0.3, -0.25) is 9.78 Å². The molecule has 3 nitrogen and oxygen atoms in total. The van der Waals surface area contributed by atoms with Crippen LogP contribution in [0.1, 0.15) is 44.5 Å². The molecule has 1 aliphatic carbocycles. The van der Waals surface area contributed by atoms with Crippen LogP contribution in [0.3, 0.4) is 0 Å². The minimum atomic E-state index is -0.0620. The van der Waals surface area contributed by atoms with Gasteiger partial charge in [-0.15, -0.1) is 0 Å². The summed E-state index contributed by atoms with van der Waals surface area (Å²) in [5.41, 5.74) is 3.43. The summed E-state index contributed by atoms with van der Waals surface area (Å²) in [4.78, 5) is 16.3. The molecule has 1 aliphatic rings. The average molecular weight is 259 g/mol. The van der Waals surface area contributed by atoms with Crippen molar-refractivity contribution in [3.05, 3.63) is 35.7 Å². The molecule has 2 rings (SSSR count). The molecule has 0 fully saturated rings. The van der Waals surface area contributed by atoms with Crippen molar-refractivity contribution in [3.8, 4) is 0 Å². The zero-order chi connectivity index (χ0) is 13.7. The number of aromatic nitrogens is 1. The fourth-order valence-electron chi connectivity index (χ4n) is 2.40. The number of pyridine rings is 1. The largest absolute Gasteiger partial charge is 0.466 e. The molecule has 1 aromatic heterocycles. The molecule has 1 heterocycles. The summed E-state index contributed by atoms with van der Waals surface area (Å²) in [6.45, 7) is 4.42. The Kier molecular flexibility index (Phi) is 4.72. The van der Waals surface area contributed by atoms with E-state index in [1.807, 2.05) is 13.0 Å². The quantitative estimate of drug-likeness (QED) is 0.778. The van der Waals surface area contributed by atoms with Crippen LogP contribution in [-0.2, 0) is 16.0 Å². The fourth-order valence-corrected chi connectivity index (χ4v) is 2.40. The molecule has 0 bridgehead atoms. The highest BCUT2D eigenvalue weighted by Crippen LogP contribution is 2.30. The number of aryl methyl sites for hydroxylation is 1. The molecule has 0 N–H and O–H groups in total. The van der Waals surface area contributed by atoms with Gasteiger partial charge in [0, 0.05) is 5.69 Å². The summed E-state index contributed by atoms with van der Waals surface area (Å²) in [7, 11) is 0. The first-order valence-corrected chi connectivity index (χ1v) is 7.06. The van der Waals surface area contributed by atoms with Gasteiger partial charge in [0.15, 0.2) is 0 Å². The van der Waals surface area contributed by atoms with Gasteiger partial charge in [0.1, 0.15) is 0 Å². The van der Waals surface area contributed by atoms with Gasteiger partial charge in [-0.2, -0.15) is 0 Å². The molecule has 3 heteroatoms. The standard InChI is InChI=1S/C16H21NO2/c1-3-14-6-5-7-15(17-14)12-8-10-13(11-9-12)16(18)19-4-2/h5-8,13H,3-4,9-11H2,1-2H3/t13-/m0/s1. The van der Waals surface area contributed by atoms with E-state index in [9.17, 15) is 4.79 Å². The van der Waals surface area contributed by atoms with Crippen molar-refractivity contribution in [3.63, 3.8) is 0 Å². The second-order valence-corrected chi connectivity index (χ2v) is 4.82. The highest BCUT2D eigenvalue weighted by molar-refractivity contribution is 5.75. The first-order chi connectivity index (χ1) is 9.24. The molecule has 0 saturated heterocycles. The van der Waals surface area contributed by atoms with Crippen LogP contribution in [0.15, 0.2) is 24.3 Å². The summed E-state index contributed by atoms with van der Waals surface area (Å²) in [6, 6.07) is 6.16. The van der Waals surface area contributed by atoms with E-state index in [1.54, 1.807) is 0 Å². The Morgan fingerprint density at radius 3 is 2.89 bits per heavy atom. The summed E-state index contributed by atoms with van der Waals surface area (Å²) in [6.07, 6.45) is 5.64. The molecule has 1 atom stereocenters. The molecule has 19 heavy (non-hydrogen) atoms. The summed E-state index contributed by atoms with van der Waals surface area (Å²) < 4.78 is 5.07. The predicted molar refractivity (Wildman–Crippen MR) is 75.6 cm³/mol. The van der Waals surface area contributed by atoms with Gasteiger partial charge in [0.2, 0.25) is 0 Å². The van der Waals surface area contributed by atoms with Crippen molar-refractivity contribution in [1.82, 2.24) is 4.98 Å².